The lowest BCUT2D eigenvalue weighted by atomic mass is 9.93. The van der Waals surface area contributed by atoms with E-state index in [9.17, 15) is 13.2 Å². The zero-order chi connectivity index (χ0) is 19.3. The van der Waals surface area contributed by atoms with Crippen molar-refractivity contribution in [3.05, 3.63) is 30.1 Å². The summed E-state index contributed by atoms with van der Waals surface area (Å²) in [6, 6.07) is 4.20. The molecular formula is C19H30N4O3S. The summed E-state index contributed by atoms with van der Waals surface area (Å²) >= 11 is 0. The molecule has 2 saturated heterocycles. The molecule has 0 saturated carbocycles. The number of piperidine rings is 2. The number of carbonyl (C=O) groups is 1. The van der Waals surface area contributed by atoms with Crippen LogP contribution in [0.1, 0.15) is 38.2 Å². The van der Waals surface area contributed by atoms with Crippen molar-refractivity contribution in [1.29, 1.82) is 0 Å². The van der Waals surface area contributed by atoms with Crippen LogP contribution in [0.25, 0.3) is 0 Å². The predicted molar refractivity (Wildman–Crippen MR) is 104 cm³/mol. The third-order valence-electron chi connectivity index (χ3n) is 5.71. The standard InChI is InChI=1S/C19H30N4O3S/c1-2-27(25,26)23-11-7-18(8-12-23)22-10-4-6-17(15-22)19(24)21-14-16-5-3-9-20-13-16/h3,5,9,13,17-18H,2,4,6-8,10-12,14-15H2,1H3,(H,21,24)/t17-/m1/s1. The molecular weight excluding hydrogens is 364 g/mol. The van der Waals surface area contributed by atoms with Crippen molar-refractivity contribution in [3.63, 3.8) is 0 Å². The van der Waals surface area contributed by atoms with Crippen LogP contribution in [0, 0.1) is 5.92 Å². The van der Waals surface area contributed by atoms with E-state index in [4.69, 9.17) is 0 Å². The molecule has 2 fully saturated rings. The first-order valence-electron chi connectivity index (χ1n) is 9.88. The van der Waals surface area contributed by atoms with E-state index < -0.39 is 10.0 Å². The Bertz CT molecular complexity index is 718. The Morgan fingerprint density at radius 1 is 1.26 bits per heavy atom. The summed E-state index contributed by atoms with van der Waals surface area (Å²) in [6.07, 6.45) is 7.12. The van der Waals surface area contributed by atoms with E-state index in [1.165, 1.54) is 0 Å². The van der Waals surface area contributed by atoms with Gasteiger partial charge in [-0.1, -0.05) is 6.07 Å². The molecule has 1 atom stereocenters. The van der Waals surface area contributed by atoms with E-state index in [2.05, 4.69) is 15.2 Å². The maximum absolute atomic E-state index is 12.6. The molecule has 3 heterocycles. The van der Waals surface area contributed by atoms with Crippen molar-refractivity contribution < 1.29 is 13.2 Å². The highest BCUT2D eigenvalue weighted by atomic mass is 32.2. The first kappa shape index (κ1) is 20.2. The first-order valence-corrected chi connectivity index (χ1v) is 11.5. The van der Waals surface area contributed by atoms with Crippen molar-refractivity contribution in [2.75, 3.05) is 31.9 Å². The van der Waals surface area contributed by atoms with Gasteiger partial charge in [-0.25, -0.2) is 12.7 Å². The number of hydrogen-bond donors (Lipinski definition) is 1. The summed E-state index contributed by atoms with van der Waals surface area (Å²) < 4.78 is 25.7. The van der Waals surface area contributed by atoms with E-state index >= 15 is 0 Å². The number of hydrogen-bond acceptors (Lipinski definition) is 5. The lowest BCUT2D eigenvalue weighted by Gasteiger charge is -2.41. The molecule has 0 bridgehead atoms. The SMILES string of the molecule is CCS(=O)(=O)N1CCC(N2CCC[C@@H](C(=O)NCc3cccnc3)C2)CC1. The summed E-state index contributed by atoms with van der Waals surface area (Å²) in [5.74, 6) is 0.281. The Labute approximate surface area is 162 Å². The summed E-state index contributed by atoms with van der Waals surface area (Å²) in [7, 11) is -3.09. The van der Waals surface area contributed by atoms with Crippen LogP contribution >= 0.6 is 0 Å². The zero-order valence-corrected chi connectivity index (χ0v) is 16.8. The summed E-state index contributed by atoms with van der Waals surface area (Å²) in [6.45, 7) is 5.16. The van der Waals surface area contributed by atoms with Gasteiger partial charge < -0.3 is 5.32 Å². The first-order chi connectivity index (χ1) is 13.0. The lowest BCUT2D eigenvalue weighted by molar-refractivity contribution is -0.127. The number of nitrogens with one attached hydrogen (secondary N) is 1. The molecule has 8 heteroatoms. The van der Waals surface area contributed by atoms with Gasteiger partial charge in [-0.2, -0.15) is 0 Å². The van der Waals surface area contributed by atoms with E-state index in [1.807, 2.05) is 12.1 Å². The van der Waals surface area contributed by atoms with Crippen LogP contribution in [0.3, 0.4) is 0 Å². The molecule has 0 radical (unpaired) electrons. The zero-order valence-electron chi connectivity index (χ0n) is 16.0. The fraction of sp³-hybridized carbons (Fsp3) is 0.684. The van der Waals surface area contributed by atoms with Crippen molar-refractivity contribution in [3.8, 4) is 0 Å². The summed E-state index contributed by atoms with van der Waals surface area (Å²) in [5, 5.41) is 3.03. The van der Waals surface area contributed by atoms with Crippen LogP contribution in [0.15, 0.2) is 24.5 Å². The van der Waals surface area contributed by atoms with Crippen LogP contribution < -0.4 is 5.32 Å². The fourth-order valence-electron chi connectivity index (χ4n) is 4.06. The Kier molecular flexibility index (Phi) is 6.83. The van der Waals surface area contributed by atoms with Crippen molar-refractivity contribution in [1.82, 2.24) is 19.5 Å². The maximum Gasteiger partial charge on any atom is 0.224 e. The van der Waals surface area contributed by atoms with Crippen LogP contribution in [-0.4, -0.2) is 66.5 Å². The molecule has 150 valence electrons. The summed E-state index contributed by atoms with van der Waals surface area (Å²) in [4.78, 5) is 19.0. The third-order valence-corrected chi connectivity index (χ3v) is 7.59. The van der Waals surface area contributed by atoms with Crippen molar-refractivity contribution in [2.24, 2.45) is 5.92 Å². The van der Waals surface area contributed by atoms with Gasteiger partial charge in [0.25, 0.3) is 0 Å². The topological polar surface area (TPSA) is 82.6 Å². The highest BCUT2D eigenvalue weighted by Gasteiger charge is 2.33. The van der Waals surface area contributed by atoms with Crippen LogP contribution in [0.2, 0.25) is 0 Å². The molecule has 1 N–H and O–H groups in total. The number of likely N-dealkylation sites (tertiary alicyclic amines) is 1. The minimum Gasteiger partial charge on any atom is -0.352 e. The fourth-order valence-corrected chi connectivity index (χ4v) is 5.19. The maximum atomic E-state index is 12.6. The van der Waals surface area contributed by atoms with Gasteiger partial charge in [0.05, 0.1) is 11.7 Å². The van der Waals surface area contributed by atoms with Crippen molar-refractivity contribution >= 4 is 15.9 Å². The van der Waals surface area contributed by atoms with Crippen LogP contribution in [0.5, 0.6) is 0 Å². The average Bonchev–Trinajstić information content (AvgIpc) is 2.73. The van der Waals surface area contributed by atoms with Gasteiger partial charge in [0, 0.05) is 44.6 Å². The molecule has 2 aliphatic heterocycles. The van der Waals surface area contributed by atoms with E-state index in [0.717, 1.165) is 44.3 Å². The number of rotatable bonds is 6. The molecule has 1 aromatic rings. The van der Waals surface area contributed by atoms with Gasteiger partial charge in [0.1, 0.15) is 0 Å². The third kappa shape index (κ3) is 5.27. The molecule has 7 nitrogen and oxygen atoms in total. The lowest BCUT2D eigenvalue weighted by Crippen LogP contribution is -2.51. The minimum atomic E-state index is -3.09. The highest BCUT2D eigenvalue weighted by Crippen LogP contribution is 2.25. The molecule has 0 aromatic carbocycles. The minimum absolute atomic E-state index is 0.00725. The van der Waals surface area contributed by atoms with Gasteiger partial charge in [0.15, 0.2) is 0 Å². The number of nitrogens with zero attached hydrogens (tertiary/aromatic N) is 3. The van der Waals surface area contributed by atoms with Gasteiger partial charge in [-0.15, -0.1) is 0 Å². The molecule has 27 heavy (non-hydrogen) atoms. The molecule has 1 aromatic heterocycles. The number of sulfonamides is 1. The normalized spacial score (nSPS) is 23.2. The van der Waals surface area contributed by atoms with Gasteiger partial charge >= 0.3 is 0 Å². The van der Waals surface area contributed by atoms with Crippen LogP contribution in [0.4, 0.5) is 0 Å². The predicted octanol–water partition coefficient (Wildman–Crippen LogP) is 1.22. The second-order valence-electron chi connectivity index (χ2n) is 7.44. The van der Waals surface area contributed by atoms with E-state index in [0.29, 0.717) is 25.7 Å². The number of pyridine rings is 1. The molecule has 0 unspecified atom stereocenters. The van der Waals surface area contributed by atoms with Gasteiger partial charge in [-0.3, -0.25) is 14.7 Å². The average molecular weight is 395 g/mol. The number of amides is 1. The van der Waals surface area contributed by atoms with Gasteiger partial charge in [-0.05, 0) is 50.8 Å². The monoisotopic (exact) mass is 394 g/mol. The molecule has 2 aliphatic rings. The largest absolute Gasteiger partial charge is 0.352 e. The van der Waals surface area contributed by atoms with E-state index in [1.54, 1.807) is 23.6 Å². The quantitative estimate of drug-likeness (QED) is 0.785. The number of carbonyl (C=O) groups excluding carboxylic acids is 1. The smallest absolute Gasteiger partial charge is 0.224 e. The van der Waals surface area contributed by atoms with Crippen molar-refractivity contribution in [2.45, 2.75) is 45.2 Å². The van der Waals surface area contributed by atoms with Crippen LogP contribution in [-0.2, 0) is 21.4 Å². The molecule has 0 spiro atoms. The number of aromatic nitrogens is 1. The molecule has 1 amide bonds. The Balaban J connectivity index is 1.49. The van der Waals surface area contributed by atoms with Gasteiger partial charge in [0.2, 0.25) is 15.9 Å². The summed E-state index contributed by atoms with van der Waals surface area (Å²) in [5.41, 5.74) is 1.00. The molecule has 3 rings (SSSR count). The highest BCUT2D eigenvalue weighted by molar-refractivity contribution is 7.89. The van der Waals surface area contributed by atoms with E-state index in [-0.39, 0.29) is 17.6 Å². The Hall–Kier alpha value is -1.51. The second-order valence-corrected chi connectivity index (χ2v) is 9.70. The Morgan fingerprint density at radius 2 is 2.04 bits per heavy atom. The molecule has 0 aliphatic carbocycles. The Morgan fingerprint density at radius 3 is 2.70 bits per heavy atom. The second kappa shape index (κ2) is 9.12.